The molecule has 2 N–H and O–H groups in total. The first kappa shape index (κ1) is 21.9. The molecule has 0 aliphatic carbocycles. The Labute approximate surface area is 177 Å². The Morgan fingerprint density at radius 1 is 1.21 bits per heavy atom. The second-order valence-electron chi connectivity index (χ2n) is 6.97. The zero-order chi connectivity index (χ0) is 21.0. The Bertz CT molecular complexity index is 815. The monoisotopic (exact) mass is 443 g/mol. The SMILES string of the molecule is O=C(N[C@H](CF)[C@H](O)c1ccc(-c2ccc(CN3CC(F)C3)nc2)cc1)C(Cl)Cl. The van der Waals surface area contributed by atoms with Gasteiger partial charge in [-0.3, -0.25) is 14.7 Å². The van der Waals surface area contributed by atoms with E-state index in [1.54, 1.807) is 30.5 Å². The van der Waals surface area contributed by atoms with Crippen LogP contribution < -0.4 is 5.32 Å². The maximum atomic E-state index is 13.2. The minimum absolute atomic E-state index is 0.445. The molecule has 1 saturated heterocycles. The number of hydrogen-bond acceptors (Lipinski definition) is 4. The number of likely N-dealkylation sites (tertiary alicyclic amines) is 1. The first-order chi connectivity index (χ1) is 13.9. The normalized spacial score (nSPS) is 17.0. The summed E-state index contributed by atoms with van der Waals surface area (Å²) < 4.78 is 26.1. The predicted octanol–water partition coefficient (Wildman–Crippen LogP) is 3.19. The Kier molecular flexibility index (Phi) is 7.40. The molecule has 9 heteroatoms. The minimum atomic E-state index is -1.34. The van der Waals surface area contributed by atoms with Crippen LogP contribution in [0.4, 0.5) is 8.78 Å². The number of hydrogen-bond donors (Lipinski definition) is 2. The molecule has 5 nitrogen and oxygen atoms in total. The number of nitrogens with zero attached hydrogens (tertiary/aromatic N) is 2. The van der Waals surface area contributed by atoms with E-state index >= 15 is 0 Å². The van der Waals surface area contributed by atoms with E-state index in [0.717, 1.165) is 16.8 Å². The van der Waals surface area contributed by atoms with Crippen molar-refractivity contribution in [3.05, 3.63) is 53.9 Å². The average Bonchev–Trinajstić information content (AvgIpc) is 2.70. The number of carbonyl (C=O) groups is 1. The zero-order valence-corrected chi connectivity index (χ0v) is 17.0. The summed E-state index contributed by atoms with van der Waals surface area (Å²) in [4.78, 5) is 16.6. The number of carbonyl (C=O) groups excluding carboxylic acids is 1. The van der Waals surface area contributed by atoms with Crippen molar-refractivity contribution in [3.8, 4) is 11.1 Å². The van der Waals surface area contributed by atoms with Crippen molar-refractivity contribution in [1.82, 2.24) is 15.2 Å². The van der Waals surface area contributed by atoms with Crippen LogP contribution >= 0.6 is 23.2 Å². The van der Waals surface area contributed by atoms with E-state index in [4.69, 9.17) is 23.2 Å². The number of benzene rings is 1. The zero-order valence-electron chi connectivity index (χ0n) is 15.4. The van der Waals surface area contributed by atoms with E-state index in [1.807, 2.05) is 17.0 Å². The van der Waals surface area contributed by atoms with Gasteiger partial charge in [0.1, 0.15) is 19.0 Å². The number of pyridine rings is 1. The molecule has 1 aliphatic rings. The van der Waals surface area contributed by atoms with Gasteiger partial charge in [0, 0.05) is 31.4 Å². The van der Waals surface area contributed by atoms with E-state index < -0.39 is 35.7 Å². The summed E-state index contributed by atoms with van der Waals surface area (Å²) in [7, 11) is 0. The Morgan fingerprint density at radius 2 is 1.86 bits per heavy atom. The molecular formula is C20H21Cl2F2N3O2. The van der Waals surface area contributed by atoms with Crippen molar-refractivity contribution >= 4 is 29.1 Å². The van der Waals surface area contributed by atoms with Gasteiger partial charge in [-0.1, -0.05) is 53.5 Å². The lowest BCUT2D eigenvalue weighted by Crippen LogP contribution is -2.47. The van der Waals surface area contributed by atoms with Gasteiger partial charge in [-0.25, -0.2) is 8.78 Å². The number of nitrogens with one attached hydrogen (secondary N) is 1. The Morgan fingerprint density at radius 3 is 2.38 bits per heavy atom. The molecule has 0 saturated carbocycles. The molecule has 1 fully saturated rings. The van der Waals surface area contributed by atoms with Crippen LogP contribution in [-0.2, 0) is 11.3 Å². The minimum Gasteiger partial charge on any atom is -0.386 e. The molecule has 2 heterocycles. The van der Waals surface area contributed by atoms with E-state index in [0.29, 0.717) is 25.2 Å². The second-order valence-corrected chi connectivity index (χ2v) is 8.06. The maximum Gasteiger partial charge on any atom is 0.253 e. The molecule has 156 valence electrons. The summed E-state index contributed by atoms with van der Waals surface area (Å²) in [5, 5.41) is 12.6. The van der Waals surface area contributed by atoms with Gasteiger partial charge in [0.05, 0.1) is 11.7 Å². The molecule has 2 atom stereocenters. The van der Waals surface area contributed by atoms with E-state index in [2.05, 4.69) is 10.3 Å². The quantitative estimate of drug-likeness (QED) is 0.614. The standard InChI is InChI=1S/C20H21Cl2F2N3O2/c21-19(22)20(29)26-17(7-23)18(28)13-3-1-12(2-4-13)14-5-6-16(25-8-14)11-27-9-15(24)10-27/h1-6,8,15,17-19,28H,7,9-11H2,(H,26,29)/t17-,18-/m1/s1. The van der Waals surface area contributed by atoms with E-state index in [1.165, 1.54) is 0 Å². The first-order valence-corrected chi connectivity index (χ1v) is 9.99. The van der Waals surface area contributed by atoms with Gasteiger partial charge in [0.25, 0.3) is 5.91 Å². The van der Waals surface area contributed by atoms with Gasteiger partial charge >= 0.3 is 0 Å². The molecule has 29 heavy (non-hydrogen) atoms. The van der Waals surface area contributed by atoms with Gasteiger partial charge in [-0.05, 0) is 17.2 Å². The van der Waals surface area contributed by atoms with Crippen LogP contribution in [0.3, 0.4) is 0 Å². The lowest BCUT2D eigenvalue weighted by atomic mass is 9.99. The fourth-order valence-electron chi connectivity index (χ4n) is 3.11. The Hall–Kier alpha value is -1.80. The van der Waals surface area contributed by atoms with E-state index in [9.17, 15) is 18.7 Å². The summed E-state index contributed by atoms with van der Waals surface area (Å²) in [6, 6.07) is 9.54. The van der Waals surface area contributed by atoms with E-state index in [-0.39, 0.29) is 0 Å². The van der Waals surface area contributed by atoms with Crippen LogP contribution in [-0.4, -0.2) is 57.7 Å². The molecule has 1 aromatic heterocycles. The fourth-order valence-corrected chi connectivity index (χ4v) is 3.23. The number of amides is 1. The van der Waals surface area contributed by atoms with Gasteiger partial charge < -0.3 is 10.4 Å². The lowest BCUT2D eigenvalue weighted by molar-refractivity contribution is -0.121. The highest BCUT2D eigenvalue weighted by molar-refractivity contribution is 6.53. The number of aromatic nitrogens is 1. The van der Waals surface area contributed by atoms with Crippen molar-refractivity contribution in [3.63, 3.8) is 0 Å². The van der Waals surface area contributed by atoms with Gasteiger partial charge in [0.15, 0.2) is 4.84 Å². The van der Waals surface area contributed by atoms with Gasteiger partial charge in [0.2, 0.25) is 0 Å². The highest BCUT2D eigenvalue weighted by Crippen LogP contribution is 2.24. The molecule has 0 unspecified atom stereocenters. The molecule has 1 aliphatic heterocycles. The molecule has 0 bridgehead atoms. The topological polar surface area (TPSA) is 65.5 Å². The number of aliphatic hydroxyl groups is 1. The van der Waals surface area contributed by atoms with Crippen LogP contribution in [0.2, 0.25) is 0 Å². The van der Waals surface area contributed by atoms with Crippen LogP contribution in [0.5, 0.6) is 0 Å². The van der Waals surface area contributed by atoms with Crippen LogP contribution in [0, 0.1) is 0 Å². The first-order valence-electron chi connectivity index (χ1n) is 9.11. The summed E-state index contributed by atoms with van der Waals surface area (Å²) >= 11 is 10.9. The fraction of sp³-hybridized carbons (Fsp3) is 0.400. The molecule has 2 aromatic rings. The third-order valence-corrected chi connectivity index (χ3v) is 5.18. The third-order valence-electron chi connectivity index (χ3n) is 4.78. The third kappa shape index (κ3) is 5.63. The summed E-state index contributed by atoms with van der Waals surface area (Å²) in [5.74, 6) is -0.766. The van der Waals surface area contributed by atoms with Crippen LogP contribution in [0.25, 0.3) is 11.1 Å². The number of alkyl halides is 4. The molecule has 0 spiro atoms. The molecule has 1 aromatic carbocycles. The largest absolute Gasteiger partial charge is 0.386 e. The predicted molar refractivity (Wildman–Crippen MR) is 108 cm³/mol. The molecular weight excluding hydrogens is 423 g/mol. The number of rotatable bonds is 8. The second kappa shape index (κ2) is 9.80. The van der Waals surface area contributed by atoms with Crippen molar-refractivity contribution in [2.24, 2.45) is 0 Å². The highest BCUT2D eigenvalue weighted by Gasteiger charge is 2.26. The average molecular weight is 444 g/mol. The summed E-state index contributed by atoms with van der Waals surface area (Å²) in [5.41, 5.74) is 3.06. The molecule has 3 rings (SSSR count). The Balaban J connectivity index is 1.63. The summed E-state index contributed by atoms with van der Waals surface area (Å²) in [6.45, 7) is 0.544. The van der Waals surface area contributed by atoms with Crippen molar-refractivity contribution in [2.45, 2.75) is 29.7 Å². The van der Waals surface area contributed by atoms with Crippen LogP contribution in [0.15, 0.2) is 42.6 Å². The van der Waals surface area contributed by atoms with Gasteiger partial charge in [-0.15, -0.1) is 0 Å². The number of halogens is 4. The maximum absolute atomic E-state index is 13.2. The van der Waals surface area contributed by atoms with Crippen molar-refractivity contribution < 1.29 is 18.7 Å². The number of aliphatic hydroxyl groups excluding tert-OH is 1. The van der Waals surface area contributed by atoms with Crippen LogP contribution in [0.1, 0.15) is 17.4 Å². The highest BCUT2D eigenvalue weighted by atomic mass is 35.5. The summed E-state index contributed by atoms with van der Waals surface area (Å²) in [6.07, 6.45) is -0.250. The van der Waals surface area contributed by atoms with Crippen molar-refractivity contribution in [2.75, 3.05) is 19.8 Å². The lowest BCUT2D eigenvalue weighted by Gasteiger charge is -2.33. The molecule has 1 amide bonds. The smallest absolute Gasteiger partial charge is 0.253 e. The van der Waals surface area contributed by atoms with Gasteiger partial charge in [-0.2, -0.15) is 0 Å². The van der Waals surface area contributed by atoms with Crippen molar-refractivity contribution in [1.29, 1.82) is 0 Å². The molecule has 0 radical (unpaired) electrons.